The third-order valence-electron chi connectivity index (χ3n) is 6.88. The normalized spacial score (nSPS) is 14.7. The zero-order valence-electron chi connectivity index (χ0n) is 20.6. The standard InChI is InChI=1S/C27H32N6OS/c1-19(2)21-4-6-22(7-5-21)24-18-33-26(29-24)35-27(30-33)32-16-11-23(12-17-32)25(34)31(3)15-10-20-8-13-28-14-9-20/h4-9,13-14,18-19,23H,10-12,15-17H2,1-3H3. The number of aromatic nitrogens is 4. The van der Waals surface area contributed by atoms with Crippen LogP contribution in [0.5, 0.6) is 0 Å². The monoisotopic (exact) mass is 488 g/mol. The van der Waals surface area contributed by atoms with E-state index >= 15 is 0 Å². The number of anilines is 1. The van der Waals surface area contributed by atoms with Crippen LogP contribution in [0.25, 0.3) is 16.2 Å². The predicted molar refractivity (Wildman–Crippen MR) is 141 cm³/mol. The van der Waals surface area contributed by atoms with Gasteiger partial charge in [-0.2, -0.15) is 0 Å². The summed E-state index contributed by atoms with van der Waals surface area (Å²) in [7, 11) is 1.92. The summed E-state index contributed by atoms with van der Waals surface area (Å²) in [6.07, 6.45) is 8.17. The molecule has 0 spiro atoms. The van der Waals surface area contributed by atoms with Gasteiger partial charge in [0.1, 0.15) is 0 Å². The zero-order chi connectivity index (χ0) is 24.4. The van der Waals surface area contributed by atoms with Crippen molar-refractivity contribution >= 4 is 27.3 Å². The van der Waals surface area contributed by atoms with E-state index in [1.807, 2.05) is 34.8 Å². The summed E-state index contributed by atoms with van der Waals surface area (Å²) >= 11 is 1.62. The number of piperidine rings is 1. The van der Waals surface area contributed by atoms with E-state index in [1.54, 1.807) is 23.7 Å². The quantitative estimate of drug-likeness (QED) is 0.370. The fourth-order valence-electron chi connectivity index (χ4n) is 4.58. The van der Waals surface area contributed by atoms with Gasteiger partial charge in [0.2, 0.25) is 16.0 Å². The fourth-order valence-corrected chi connectivity index (χ4v) is 5.52. The molecule has 0 aliphatic carbocycles. The topological polar surface area (TPSA) is 66.6 Å². The lowest BCUT2D eigenvalue weighted by atomic mass is 9.95. The molecular weight excluding hydrogens is 456 g/mol. The van der Waals surface area contributed by atoms with Crippen LogP contribution in [0.15, 0.2) is 55.0 Å². The van der Waals surface area contributed by atoms with Gasteiger partial charge in [-0.1, -0.05) is 49.4 Å². The van der Waals surface area contributed by atoms with Gasteiger partial charge in [-0.05, 0) is 48.4 Å². The van der Waals surface area contributed by atoms with Gasteiger partial charge in [-0.3, -0.25) is 9.78 Å². The zero-order valence-corrected chi connectivity index (χ0v) is 21.4. The Hall–Kier alpha value is -3.26. The Morgan fingerprint density at radius 1 is 1.11 bits per heavy atom. The largest absolute Gasteiger partial charge is 0.347 e. The molecule has 1 aromatic carbocycles. The molecule has 0 bridgehead atoms. The number of fused-ring (bicyclic) bond motifs is 1. The van der Waals surface area contributed by atoms with Crippen molar-refractivity contribution in [2.45, 2.75) is 39.0 Å². The molecule has 0 N–H and O–H groups in total. The molecule has 0 radical (unpaired) electrons. The number of hydrogen-bond acceptors (Lipinski definition) is 6. The van der Waals surface area contributed by atoms with E-state index in [9.17, 15) is 4.79 Å². The predicted octanol–water partition coefficient (Wildman–Crippen LogP) is 4.89. The van der Waals surface area contributed by atoms with Crippen LogP contribution in [0, 0.1) is 5.92 Å². The molecule has 182 valence electrons. The summed E-state index contributed by atoms with van der Waals surface area (Å²) in [6, 6.07) is 12.6. The molecule has 0 saturated carbocycles. The maximum atomic E-state index is 13.0. The first-order valence-electron chi connectivity index (χ1n) is 12.3. The van der Waals surface area contributed by atoms with Crippen molar-refractivity contribution in [3.8, 4) is 11.3 Å². The molecule has 35 heavy (non-hydrogen) atoms. The number of nitrogens with zero attached hydrogens (tertiary/aromatic N) is 6. The number of carbonyl (C=O) groups is 1. The van der Waals surface area contributed by atoms with E-state index in [4.69, 9.17) is 10.1 Å². The van der Waals surface area contributed by atoms with Crippen molar-refractivity contribution in [1.82, 2.24) is 24.5 Å². The van der Waals surface area contributed by atoms with Crippen molar-refractivity contribution in [1.29, 1.82) is 0 Å². The lowest BCUT2D eigenvalue weighted by Crippen LogP contribution is -2.41. The summed E-state index contributed by atoms with van der Waals surface area (Å²) in [5.74, 6) is 0.851. The SMILES string of the molecule is CC(C)c1ccc(-c2cn3nc(N4CCC(C(=O)N(C)CCc5ccncc5)CC4)sc3n2)cc1. The average molecular weight is 489 g/mol. The molecule has 1 saturated heterocycles. The minimum absolute atomic E-state index is 0.0816. The number of rotatable bonds is 7. The van der Waals surface area contributed by atoms with Gasteiger partial charge in [0.25, 0.3) is 0 Å². The Labute approximate surface area is 210 Å². The van der Waals surface area contributed by atoms with Crippen LogP contribution in [-0.4, -0.2) is 57.1 Å². The Morgan fingerprint density at radius 3 is 2.49 bits per heavy atom. The van der Waals surface area contributed by atoms with Gasteiger partial charge in [0, 0.05) is 50.6 Å². The van der Waals surface area contributed by atoms with E-state index in [2.05, 4.69) is 48.0 Å². The molecule has 5 rings (SSSR count). The van der Waals surface area contributed by atoms with Crippen molar-refractivity contribution in [3.05, 3.63) is 66.1 Å². The van der Waals surface area contributed by atoms with Crippen LogP contribution < -0.4 is 4.90 Å². The lowest BCUT2D eigenvalue weighted by Gasteiger charge is -2.32. The first kappa shape index (κ1) is 23.5. The maximum absolute atomic E-state index is 13.0. The van der Waals surface area contributed by atoms with E-state index in [-0.39, 0.29) is 11.8 Å². The number of benzene rings is 1. The first-order valence-corrected chi connectivity index (χ1v) is 13.1. The second kappa shape index (κ2) is 10.2. The van der Waals surface area contributed by atoms with Crippen molar-refractivity contribution in [3.63, 3.8) is 0 Å². The molecule has 1 aliphatic heterocycles. The summed E-state index contributed by atoms with van der Waals surface area (Å²) in [6.45, 7) is 6.82. The smallest absolute Gasteiger partial charge is 0.225 e. The van der Waals surface area contributed by atoms with E-state index in [1.165, 1.54) is 11.1 Å². The highest BCUT2D eigenvalue weighted by molar-refractivity contribution is 7.20. The third kappa shape index (κ3) is 5.22. The molecule has 1 aliphatic rings. The van der Waals surface area contributed by atoms with Crippen LogP contribution in [0.2, 0.25) is 0 Å². The molecule has 4 heterocycles. The van der Waals surface area contributed by atoms with E-state index in [0.717, 1.165) is 60.2 Å². The van der Waals surface area contributed by atoms with Gasteiger partial charge in [0.15, 0.2) is 0 Å². The second-order valence-electron chi connectivity index (χ2n) is 9.64. The molecular formula is C27H32N6OS. The average Bonchev–Trinajstić information content (AvgIpc) is 3.47. The Bertz CT molecular complexity index is 1240. The van der Waals surface area contributed by atoms with Gasteiger partial charge >= 0.3 is 0 Å². The number of amides is 1. The fraction of sp³-hybridized carbons (Fsp3) is 0.407. The van der Waals surface area contributed by atoms with E-state index < -0.39 is 0 Å². The minimum Gasteiger partial charge on any atom is -0.347 e. The molecule has 0 atom stereocenters. The number of pyridine rings is 1. The minimum atomic E-state index is 0.0816. The number of hydrogen-bond donors (Lipinski definition) is 0. The molecule has 1 fully saturated rings. The van der Waals surface area contributed by atoms with Gasteiger partial charge < -0.3 is 9.80 Å². The highest BCUT2D eigenvalue weighted by Gasteiger charge is 2.28. The maximum Gasteiger partial charge on any atom is 0.225 e. The van der Waals surface area contributed by atoms with Crippen LogP contribution in [-0.2, 0) is 11.2 Å². The highest BCUT2D eigenvalue weighted by Crippen LogP contribution is 2.30. The molecule has 3 aromatic heterocycles. The van der Waals surface area contributed by atoms with Crippen LogP contribution in [0.1, 0.15) is 43.7 Å². The van der Waals surface area contributed by atoms with Gasteiger partial charge in [-0.15, -0.1) is 5.10 Å². The van der Waals surface area contributed by atoms with Crippen LogP contribution >= 0.6 is 11.3 Å². The van der Waals surface area contributed by atoms with Crippen molar-refractivity contribution in [2.24, 2.45) is 5.92 Å². The van der Waals surface area contributed by atoms with Crippen molar-refractivity contribution < 1.29 is 4.79 Å². The molecule has 4 aromatic rings. The number of carbonyl (C=O) groups excluding carboxylic acids is 1. The number of imidazole rings is 1. The Morgan fingerprint density at radius 2 is 1.83 bits per heavy atom. The van der Waals surface area contributed by atoms with Crippen LogP contribution in [0.4, 0.5) is 5.13 Å². The Kier molecular flexibility index (Phi) is 6.81. The number of likely N-dealkylation sites (N-methyl/N-ethyl adjacent to an activating group) is 1. The van der Waals surface area contributed by atoms with Crippen molar-refractivity contribution in [2.75, 3.05) is 31.6 Å². The molecule has 7 nitrogen and oxygen atoms in total. The van der Waals surface area contributed by atoms with E-state index in [0.29, 0.717) is 5.92 Å². The van der Waals surface area contributed by atoms with Gasteiger partial charge in [0.05, 0.1) is 11.9 Å². The third-order valence-corrected chi connectivity index (χ3v) is 7.87. The lowest BCUT2D eigenvalue weighted by molar-refractivity contribution is -0.134. The van der Waals surface area contributed by atoms with Crippen LogP contribution in [0.3, 0.4) is 0 Å². The van der Waals surface area contributed by atoms with Gasteiger partial charge in [-0.25, -0.2) is 9.50 Å². The summed E-state index contributed by atoms with van der Waals surface area (Å²) < 4.78 is 1.88. The molecule has 8 heteroatoms. The molecule has 1 amide bonds. The first-order chi connectivity index (χ1) is 17.0. The summed E-state index contributed by atoms with van der Waals surface area (Å²) in [4.78, 5) is 26.9. The highest BCUT2D eigenvalue weighted by atomic mass is 32.1. The second-order valence-corrected chi connectivity index (χ2v) is 10.6. The summed E-state index contributed by atoms with van der Waals surface area (Å²) in [5, 5.41) is 5.77. The summed E-state index contributed by atoms with van der Waals surface area (Å²) in [5.41, 5.74) is 4.60. The Balaban J connectivity index is 1.17. The molecule has 0 unspecified atom stereocenters.